The molecule has 1 heterocycles. The van der Waals surface area contributed by atoms with Gasteiger partial charge in [0.05, 0.1) is 12.4 Å². The summed E-state index contributed by atoms with van der Waals surface area (Å²) in [7, 11) is 0. The van der Waals surface area contributed by atoms with Crippen molar-refractivity contribution < 1.29 is 0 Å². The molecular formula is C11H16N2S. The van der Waals surface area contributed by atoms with Crippen LogP contribution in [0, 0.1) is 5.92 Å². The van der Waals surface area contributed by atoms with E-state index in [0.29, 0.717) is 5.92 Å². The van der Waals surface area contributed by atoms with Gasteiger partial charge >= 0.3 is 0 Å². The molecule has 0 aromatic carbocycles. The Morgan fingerprint density at radius 1 is 1.50 bits per heavy atom. The van der Waals surface area contributed by atoms with Crippen molar-refractivity contribution in [2.24, 2.45) is 16.6 Å². The Morgan fingerprint density at radius 3 is 2.93 bits per heavy atom. The smallest absolute Gasteiger partial charge is 0.0972 e. The molecule has 0 aliphatic heterocycles. The molecule has 1 aliphatic carbocycles. The van der Waals surface area contributed by atoms with Crippen LogP contribution in [-0.2, 0) is 6.54 Å². The van der Waals surface area contributed by atoms with Crippen LogP contribution in [0.3, 0.4) is 0 Å². The summed E-state index contributed by atoms with van der Waals surface area (Å²) in [5.41, 5.74) is 5.95. The van der Waals surface area contributed by atoms with Crippen LogP contribution in [0.5, 0.6) is 0 Å². The lowest BCUT2D eigenvalue weighted by Crippen LogP contribution is -2.21. The molecule has 0 saturated heterocycles. The summed E-state index contributed by atoms with van der Waals surface area (Å²) in [6.07, 6.45) is 5.11. The summed E-state index contributed by atoms with van der Waals surface area (Å²) in [4.78, 5) is 5.75. The van der Waals surface area contributed by atoms with Crippen LogP contribution in [0.1, 0.15) is 30.6 Å². The maximum absolute atomic E-state index is 5.95. The monoisotopic (exact) mass is 208 g/mol. The molecule has 0 amide bonds. The Bertz CT molecular complexity index is 297. The van der Waals surface area contributed by atoms with Crippen LogP contribution in [0.2, 0.25) is 0 Å². The van der Waals surface area contributed by atoms with Crippen molar-refractivity contribution in [1.29, 1.82) is 0 Å². The normalized spacial score (nSPS) is 19.0. The Labute approximate surface area is 88.9 Å². The zero-order valence-electron chi connectivity index (χ0n) is 8.28. The zero-order chi connectivity index (χ0) is 9.80. The molecular weight excluding hydrogens is 192 g/mol. The van der Waals surface area contributed by atoms with Gasteiger partial charge in [0.1, 0.15) is 0 Å². The molecule has 0 unspecified atom stereocenters. The summed E-state index contributed by atoms with van der Waals surface area (Å²) >= 11 is 1.74. The highest BCUT2D eigenvalue weighted by Gasteiger charge is 2.18. The maximum Gasteiger partial charge on any atom is 0.0972 e. The number of amidine groups is 1. The van der Waals surface area contributed by atoms with Gasteiger partial charge in [0.25, 0.3) is 0 Å². The van der Waals surface area contributed by atoms with E-state index in [1.807, 2.05) is 0 Å². The number of nitrogens with zero attached hydrogens (tertiary/aromatic N) is 1. The average molecular weight is 208 g/mol. The summed E-state index contributed by atoms with van der Waals surface area (Å²) < 4.78 is 0. The Balaban J connectivity index is 1.90. The molecule has 1 aliphatic rings. The van der Waals surface area contributed by atoms with Crippen LogP contribution in [0.4, 0.5) is 0 Å². The second kappa shape index (κ2) is 4.60. The second-order valence-electron chi connectivity index (χ2n) is 3.80. The average Bonchev–Trinajstić information content (AvgIpc) is 2.87. The molecule has 0 atom stereocenters. The van der Waals surface area contributed by atoms with Crippen LogP contribution < -0.4 is 5.73 Å². The first kappa shape index (κ1) is 9.71. The quantitative estimate of drug-likeness (QED) is 0.602. The minimum absolute atomic E-state index is 0.565. The molecule has 3 heteroatoms. The number of hydrogen-bond donors (Lipinski definition) is 1. The van der Waals surface area contributed by atoms with Crippen LogP contribution >= 0.6 is 11.3 Å². The molecule has 2 nitrogen and oxygen atoms in total. The molecule has 14 heavy (non-hydrogen) atoms. The van der Waals surface area contributed by atoms with E-state index < -0.39 is 0 Å². The minimum atomic E-state index is 0.565. The van der Waals surface area contributed by atoms with E-state index in [9.17, 15) is 0 Å². The van der Waals surface area contributed by atoms with Gasteiger partial charge < -0.3 is 5.73 Å². The van der Waals surface area contributed by atoms with Crippen molar-refractivity contribution in [3.05, 3.63) is 22.4 Å². The van der Waals surface area contributed by atoms with Gasteiger partial charge in [-0.3, -0.25) is 4.99 Å². The van der Waals surface area contributed by atoms with Gasteiger partial charge in [-0.05, 0) is 24.3 Å². The van der Waals surface area contributed by atoms with Gasteiger partial charge in [0, 0.05) is 10.8 Å². The molecule has 2 N–H and O–H groups in total. The summed E-state index contributed by atoms with van der Waals surface area (Å²) in [6.45, 7) is 0.764. The third kappa shape index (κ3) is 2.35. The molecule has 1 saturated carbocycles. The predicted molar refractivity (Wildman–Crippen MR) is 61.6 cm³/mol. The fraction of sp³-hybridized carbons (Fsp3) is 0.545. The lowest BCUT2D eigenvalue weighted by molar-refractivity contribution is 0.716. The Kier molecular flexibility index (Phi) is 3.19. The highest BCUT2D eigenvalue weighted by atomic mass is 32.1. The van der Waals surface area contributed by atoms with Gasteiger partial charge in [-0.1, -0.05) is 18.9 Å². The number of aliphatic imine (C=N–C) groups is 1. The van der Waals surface area contributed by atoms with Crippen LogP contribution in [-0.4, -0.2) is 5.84 Å². The lowest BCUT2D eigenvalue weighted by atomic mass is 10.1. The van der Waals surface area contributed by atoms with E-state index in [1.165, 1.54) is 30.6 Å². The van der Waals surface area contributed by atoms with Crippen molar-refractivity contribution in [3.8, 4) is 0 Å². The molecule has 0 bridgehead atoms. The van der Waals surface area contributed by atoms with E-state index in [-0.39, 0.29) is 0 Å². The zero-order valence-corrected chi connectivity index (χ0v) is 9.09. The standard InChI is InChI=1S/C11H16N2S/c12-11(9-4-1-2-5-9)13-8-10-6-3-7-14-10/h3,6-7,9H,1-2,4-5,8H2,(H2,12,13). The summed E-state index contributed by atoms with van der Waals surface area (Å²) in [6, 6.07) is 4.16. The van der Waals surface area contributed by atoms with Gasteiger partial charge in [-0.2, -0.15) is 0 Å². The molecule has 0 spiro atoms. The Hall–Kier alpha value is -0.830. The fourth-order valence-corrected chi connectivity index (χ4v) is 2.55. The van der Waals surface area contributed by atoms with Crippen molar-refractivity contribution in [1.82, 2.24) is 0 Å². The van der Waals surface area contributed by atoms with Crippen molar-refractivity contribution in [2.75, 3.05) is 0 Å². The summed E-state index contributed by atoms with van der Waals surface area (Å²) in [5.74, 6) is 1.44. The third-order valence-electron chi connectivity index (χ3n) is 2.77. The Morgan fingerprint density at radius 2 is 2.29 bits per heavy atom. The highest BCUT2D eigenvalue weighted by Crippen LogP contribution is 2.24. The van der Waals surface area contributed by atoms with E-state index in [1.54, 1.807) is 11.3 Å². The second-order valence-corrected chi connectivity index (χ2v) is 4.83. The summed E-state index contributed by atoms with van der Waals surface area (Å²) in [5, 5.41) is 2.08. The van der Waals surface area contributed by atoms with E-state index in [2.05, 4.69) is 22.5 Å². The molecule has 76 valence electrons. The van der Waals surface area contributed by atoms with Gasteiger partial charge in [-0.25, -0.2) is 0 Å². The number of rotatable bonds is 3. The molecule has 1 fully saturated rings. The fourth-order valence-electron chi connectivity index (χ4n) is 1.92. The van der Waals surface area contributed by atoms with E-state index >= 15 is 0 Å². The van der Waals surface area contributed by atoms with Gasteiger partial charge in [0.15, 0.2) is 0 Å². The van der Waals surface area contributed by atoms with E-state index in [0.717, 1.165) is 12.4 Å². The third-order valence-corrected chi connectivity index (χ3v) is 3.63. The maximum atomic E-state index is 5.95. The van der Waals surface area contributed by atoms with Crippen molar-refractivity contribution in [3.63, 3.8) is 0 Å². The van der Waals surface area contributed by atoms with Gasteiger partial charge in [-0.15, -0.1) is 11.3 Å². The lowest BCUT2D eigenvalue weighted by Gasteiger charge is -2.07. The molecule has 0 radical (unpaired) electrons. The highest BCUT2D eigenvalue weighted by molar-refractivity contribution is 7.09. The molecule has 1 aromatic heterocycles. The van der Waals surface area contributed by atoms with Crippen LogP contribution in [0.25, 0.3) is 0 Å². The van der Waals surface area contributed by atoms with Crippen molar-refractivity contribution >= 4 is 17.2 Å². The minimum Gasteiger partial charge on any atom is -0.387 e. The number of thiophene rings is 1. The topological polar surface area (TPSA) is 38.4 Å². The first-order valence-electron chi connectivity index (χ1n) is 5.18. The van der Waals surface area contributed by atoms with E-state index in [4.69, 9.17) is 5.73 Å². The molecule has 2 rings (SSSR count). The number of hydrogen-bond acceptors (Lipinski definition) is 2. The largest absolute Gasteiger partial charge is 0.387 e. The molecule has 1 aromatic rings. The van der Waals surface area contributed by atoms with Crippen molar-refractivity contribution in [2.45, 2.75) is 32.2 Å². The predicted octanol–water partition coefficient (Wildman–Crippen LogP) is 2.80. The number of nitrogens with two attached hydrogens (primary N) is 1. The first-order valence-corrected chi connectivity index (χ1v) is 6.06. The SMILES string of the molecule is NC(=NCc1cccs1)C1CCCC1. The first-order chi connectivity index (χ1) is 6.86. The van der Waals surface area contributed by atoms with Crippen LogP contribution in [0.15, 0.2) is 22.5 Å². The van der Waals surface area contributed by atoms with Gasteiger partial charge in [0.2, 0.25) is 0 Å².